The number of sulfone groups is 1. The highest BCUT2D eigenvalue weighted by atomic mass is 32.2. The van der Waals surface area contributed by atoms with E-state index < -0.39 is 9.84 Å². The van der Waals surface area contributed by atoms with E-state index in [0.717, 1.165) is 16.4 Å². The number of rotatable bonds is 4. The lowest BCUT2D eigenvalue weighted by Gasteiger charge is -2.08. The van der Waals surface area contributed by atoms with E-state index in [1.54, 1.807) is 17.5 Å². The first-order valence-corrected chi connectivity index (χ1v) is 9.12. The van der Waals surface area contributed by atoms with Crippen molar-refractivity contribution in [3.63, 3.8) is 0 Å². The Morgan fingerprint density at radius 1 is 1.40 bits per heavy atom. The Bertz CT molecular complexity index is 683. The van der Waals surface area contributed by atoms with Gasteiger partial charge in [0.25, 0.3) is 0 Å². The van der Waals surface area contributed by atoms with Gasteiger partial charge in [0, 0.05) is 24.2 Å². The summed E-state index contributed by atoms with van der Waals surface area (Å²) in [6, 6.07) is 5.80. The molecular formula is C13H15N3O2S2. The third kappa shape index (κ3) is 3.23. The smallest absolute Gasteiger partial charge is 0.151 e. The second-order valence-electron chi connectivity index (χ2n) is 4.84. The highest BCUT2D eigenvalue weighted by Gasteiger charge is 2.27. The molecule has 20 heavy (non-hydrogen) atoms. The summed E-state index contributed by atoms with van der Waals surface area (Å²) in [7, 11) is -2.83. The number of nitrogens with zero attached hydrogens (tertiary/aromatic N) is 2. The van der Waals surface area contributed by atoms with Gasteiger partial charge in [-0.3, -0.25) is 4.98 Å². The van der Waals surface area contributed by atoms with Crippen molar-refractivity contribution in [3.8, 4) is 10.7 Å². The number of aromatic nitrogens is 2. The highest BCUT2D eigenvalue weighted by molar-refractivity contribution is 7.91. The molecule has 0 spiro atoms. The molecule has 3 rings (SSSR count). The van der Waals surface area contributed by atoms with Gasteiger partial charge in [0.05, 0.1) is 22.9 Å². The zero-order chi connectivity index (χ0) is 14.0. The summed E-state index contributed by atoms with van der Waals surface area (Å²) >= 11 is 1.55. The maximum absolute atomic E-state index is 11.4. The normalized spacial score (nSPS) is 21.1. The lowest BCUT2D eigenvalue weighted by molar-refractivity contribution is 0.550. The SMILES string of the molecule is O=S1(=O)CC[C@H](NCc2csc(-c3ccccn3)n2)C1. The second-order valence-corrected chi connectivity index (χ2v) is 7.93. The van der Waals surface area contributed by atoms with Crippen molar-refractivity contribution in [1.29, 1.82) is 0 Å². The van der Waals surface area contributed by atoms with Gasteiger partial charge in [0.1, 0.15) is 5.01 Å². The first-order valence-electron chi connectivity index (χ1n) is 6.42. The molecule has 2 aromatic heterocycles. The lowest BCUT2D eigenvalue weighted by atomic mass is 10.2. The molecule has 1 saturated heterocycles. The van der Waals surface area contributed by atoms with Gasteiger partial charge >= 0.3 is 0 Å². The highest BCUT2D eigenvalue weighted by Crippen LogP contribution is 2.21. The Kier molecular flexibility index (Phi) is 3.82. The van der Waals surface area contributed by atoms with Gasteiger partial charge in [-0.15, -0.1) is 11.3 Å². The van der Waals surface area contributed by atoms with E-state index in [0.29, 0.717) is 18.7 Å². The van der Waals surface area contributed by atoms with Crippen LogP contribution in [0.4, 0.5) is 0 Å². The van der Waals surface area contributed by atoms with E-state index in [2.05, 4.69) is 15.3 Å². The summed E-state index contributed by atoms with van der Waals surface area (Å²) in [5.74, 6) is 0.533. The molecule has 1 atom stereocenters. The molecule has 5 nitrogen and oxygen atoms in total. The van der Waals surface area contributed by atoms with Crippen LogP contribution in [0.2, 0.25) is 0 Å². The van der Waals surface area contributed by atoms with Crippen molar-refractivity contribution in [2.24, 2.45) is 0 Å². The Hall–Kier alpha value is -1.31. The number of nitrogens with one attached hydrogen (secondary N) is 1. The summed E-state index contributed by atoms with van der Waals surface area (Å²) in [5.41, 5.74) is 1.80. The topological polar surface area (TPSA) is 72.0 Å². The van der Waals surface area contributed by atoms with Gasteiger partial charge in [-0.05, 0) is 18.6 Å². The zero-order valence-corrected chi connectivity index (χ0v) is 12.5. The van der Waals surface area contributed by atoms with E-state index in [1.165, 1.54) is 0 Å². The molecule has 0 saturated carbocycles. The lowest BCUT2D eigenvalue weighted by Crippen LogP contribution is -2.29. The van der Waals surface area contributed by atoms with Crippen molar-refractivity contribution in [2.45, 2.75) is 19.0 Å². The Labute approximate surface area is 122 Å². The van der Waals surface area contributed by atoms with E-state index in [4.69, 9.17) is 0 Å². The molecule has 7 heteroatoms. The second kappa shape index (κ2) is 5.59. The molecule has 0 radical (unpaired) electrons. The largest absolute Gasteiger partial charge is 0.307 e. The van der Waals surface area contributed by atoms with Crippen molar-refractivity contribution in [2.75, 3.05) is 11.5 Å². The van der Waals surface area contributed by atoms with Gasteiger partial charge < -0.3 is 5.32 Å². The summed E-state index contributed by atoms with van der Waals surface area (Å²) in [5, 5.41) is 6.14. The molecule has 0 bridgehead atoms. The molecular weight excluding hydrogens is 294 g/mol. The molecule has 3 heterocycles. The summed E-state index contributed by atoms with van der Waals surface area (Å²) in [4.78, 5) is 8.79. The van der Waals surface area contributed by atoms with Crippen LogP contribution < -0.4 is 5.32 Å². The van der Waals surface area contributed by atoms with Crippen molar-refractivity contribution in [3.05, 3.63) is 35.5 Å². The number of pyridine rings is 1. The first-order chi connectivity index (χ1) is 9.62. The molecule has 0 unspecified atom stereocenters. The molecule has 2 aromatic rings. The van der Waals surface area contributed by atoms with Crippen molar-refractivity contribution < 1.29 is 8.42 Å². The van der Waals surface area contributed by atoms with E-state index in [1.807, 2.05) is 23.6 Å². The quantitative estimate of drug-likeness (QED) is 0.926. The number of hydrogen-bond acceptors (Lipinski definition) is 6. The molecule has 1 N–H and O–H groups in total. The Morgan fingerprint density at radius 2 is 2.30 bits per heavy atom. The maximum atomic E-state index is 11.4. The van der Waals surface area contributed by atoms with E-state index >= 15 is 0 Å². The minimum absolute atomic E-state index is 0.0556. The predicted molar refractivity (Wildman–Crippen MR) is 79.2 cm³/mol. The van der Waals surface area contributed by atoms with E-state index in [9.17, 15) is 8.42 Å². The molecule has 0 aromatic carbocycles. The van der Waals surface area contributed by atoms with Crippen LogP contribution in [-0.4, -0.2) is 35.9 Å². The van der Waals surface area contributed by atoms with E-state index in [-0.39, 0.29) is 11.8 Å². The van der Waals surface area contributed by atoms with Crippen LogP contribution in [0, 0.1) is 0 Å². The molecule has 0 amide bonds. The van der Waals surface area contributed by atoms with Crippen LogP contribution >= 0.6 is 11.3 Å². The third-order valence-electron chi connectivity index (χ3n) is 3.24. The van der Waals surface area contributed by atoms with Crippen molar-refractivity contribution in [1.82, 2.24) is 15.3 Å². The van der Waals surface area contributed by atoms with Crippen LogP contribution in [0.5, 0.6) is 0 Å². The molecule has 1 aliphatic rings. The maximum Gasteiger partial charge on any atom is 0.151 e. The molecule has 1 fully saturated rings. The van der Waals surface area contributed by atoms with Gasteiger partial charge in [0.15, 0.2) is 9.84 Å². The Balaban J connectivity index is 1.61. The third-order valence-corrected chi connectivity index (χ3v) is 5.92. The fraction of sp³-hybridized carbons (Fsp3) is 0.385. The fourth-order valence-electron chi connectivity index (χ4n) is 2.20. The summed E-state index contributed by atoms with van der Waals surface area (Å²) in [6.45, 7) is 0.601. The first kappa shape index (κ1) is 13.7. The summed E-state index contributed by atoms with van der Waals surface area (Å²) in [6.07, 6.45) is 2.44. The van der Waals surface area contributed by atoms with Crippen LogP contribution in [0.15, 0.2) is 29.8 Å². The zero-order valence-electron chi connectivity index (χ0n) is 10.8. The van der Waals surface area contributed by atoms with Crippen molar-refractivity contribution >= 4 is 21.2 Å². The molecule has 1 aliphatic heterocycles. The number of thiazole rings is 1. The summed E-state index contributed by atoms with van der Waals surface area (Å²) < 4.78 is 22.8. The average Bonchev–Trinajstić information content (AvgIpc) is 3.04. The van der Waals surface area contributed by atoms with Gasteiger partial charge in [-0.1, -0.05) is 6.07 Å². The monoisotopic (exact) mass is 309 g/mol. The number of hydrogen-bond donors (Lipinski definition) is 1. The Morgan fingerprint density at radius 3 is 3.00 bits per heavy atom. The molecule has 0 aliphatic carbocycles. The van der Waals surface area contributed by atoms with Crippen LogP contribution in [0.3, 0.4) is 0 Å². The predicted octanol–water partition coefficient (Wildman–Crippen LogP) is 1.48. The van der Waals surface area contributed by atoms with Crippen LogP contribution in [0.1, 0.15) is 12.1 Å². The van der Waals surface area contributed by atoms with Gasteiger partial charge in [-0.25, -0.2) is 13.4 Å². The minimum Gasteiger partial charge on any atom is -0.307 e. The standard InChI is InChI=1S/C13H15N3O2S2/c17-20(18)6-4-10(9-20)15-7-11-8-19-13(16-11)12-3-1-2-5-14-12/h1-3,5,8,10,15H,4,6-7,9H2/t10-/m0/s1. The average molecular weight is 309 g/mol. The van der Waals surface area contributed by atoms with Crippen LogP contribution in [0.25, 0.3) is 10.7 Å². The van der Waals surface area contributed by atoms with Gasteiger partial charge in [0.2, 0.25) is 0 Å². The van der Waals surface area contributed by atoms with Crippen LogP contribution in [-0.2, 0) is 16.4 Å². The minimum atomic E-state index is -2.83. The molecule has 106 valence electrons. The fourth-order valence-corrected chi connectivity index (χ4v) is 4.70. The van der Waals surface area contributed by atoms with Gasteiger partial charge in [-0.2, -0.15) is 0 Å².